The fourth-order valence-corrected chi connectivity index (χ4v) is 5.94. The quantitative estimate of drug-likeness (QED) is 0.153. The summed E-state index contributed by atoms with van der Waals surface area (Å²) in [5, 5.41) is 12.8. The molecule has 0 fully saturated rings. The van der Waals surface area contributed by atoms with E-state index in [9.17, 15) is 18.3 Å². The van der Waals surface area contributed by atoms with Gasteiger partial charge in [0.05, 0.1) is 23.8 Å². The topological polar surface area (TPSA) is 38.1 Å². The van der Waals surface area contributed by atoms with Crippen LogP contribution in [-0.4, -0.2) is 14.7 Å². The number of benzene rings is 5. The number of hydrogen-bond donors (Lipinski definition) is 1. The Hall–Kier alpha value is -5.01. The molecule has 5 aromatic carbocycles. The van der Waals surface area contributed by atoms with Crippen molar-refractivity contribution in [3.8, 4) is 0 Å². The summed E-state index contributed by atoms with van der Waals surface area (Å²) in [6.07, 6.45) is -2.06. The molecule has 0 aliphatic rings. The second-order valence-electron chi connectivity index (χ2n) is 10.2. The molecule has 0 amide bonds. The molecule has 0 aliphatic carbocycles. The first-order chi connectivity index (χ1) is 20.8. The molecule has 1 aromatic heterocycles. The lowest BCUT2D eigenvalue weighted by Crippen LogP contribution is -2.43. The van der Waals surface area contributed by atoms with Crippen LogP contribution in [0, 0.1) is 5.82 Å². The molecule has 1 heterocycles. The van der Waals surface area contributed by atoms with Gasteiger partial charge in [0.25, 0.3) is 0 Å². The van der Waals surface area contributed by atoms with Crippen LogP contribution in [0.15, 0.2) is 152 Å². The summed E-state index contributed by atoms with van der Waals surface area (Å²) in [6.45, 7) is 0. The third kappa shape index (κ3) is 4.62. The van der Waals surface area contributed by atoms with Gasteiger partial charge in [-0.05, 0) is 28.3 Å². The summed E-state index contributed by atoms with van der Waals surface area (Å²) in [6, 6.07) is 39.7. The Bertz CT molecular complexity index is 1730. The molecule has 43 heavy (non-hydrogen) atoms. The fraction of sp³-hybridized carbons (Fsp3) is 0.0833. The van der Waals surface area contributed by atoms with E-state index in [1.807, 2.05) is 91.0 Å². The van der Waals surface area contributed by atoms with Crippen molar-refractivity contribution in [2.75, 3.05) is 0 Å². The van der Waals surface area contributed by atoms with Crippen LogP contribution < -0.4 is 0 Å². The highest BCUT2D eigenvalue weighted by molar-refractivity contribution is 5.54. The molecule has 1 unspecified atom stereocenters. The molecule has 0 spiro atoms. The van der Waals surface area contributed by atoms with Crippen molar-refractivity contribution in [3.63, 3.8) is 0 Å². The minimum atomic E-state index is -4.97. The summed E-state index contributed by atoms with van der Waals surface area (Å²) < 4.78 is 59.6. The highest BCUT2D eigenvalue weighted by atomic mass is 19.4. The molecular weight excluding hydrogens is 552 g/mol. The van der Waals surface area contributed by atoms with E-state index in [2.05, 4.69) is 4.98 Å². The molecular formula is C36H26F4N2O. The Kier molecular flexibility index (Phi) is 7.20. The van der Waals surface area contributed by atoms with Gasteiger partial charge < -0.3 is 9.67 Å². The first-order valence-electron chi connectivity index (χ1n) is 13.6. The minimum absolute atomic E-state index is 0.0773. The smallest absolute Gasteiger partial charge is 0.374 e. The molecule has 214 valence electrons. The number of aromatic nitrogens is 2. The molecule has 1 atom stereocenters. The zero-order valence-corrected chi connectivity index (χ0v) is 22.8. The van der Waals surface area contributed by atoms with E-state index in [-0.39, 0.29) is 11.3 Å². The molecule has 0 saturated carbocycles. The van der Waals surface area contributed by atoms with Crippen molar-refractivity contribution in [2.24, 2.45) is 0 Å². The molecule has 0 aliphatic heterocycles. The van der Waals surface area contributed by atoms with Gasteiger partial charge in [0.2, 0.25) is 0 Å². The number of nitrogens with zero attached hydrogens (tertiary/aromatic N) is 2. The molecule has 6 rings (SSSR count). The first kappa shape index (κ1) is 28.1. The lowest BCUT2D eigenvalue weighted by Gasteiger charge is -2.41. The fourth-order valence-electron chi connectivity index (χ4n) is 5.94. The van der Waals surface area contributed by atoms with Gasteiger partial charge in [-0.2, -0.15) is 13.2 Å². The number of alkyl halides is 3. The second-order valence-corrected chi connectivity index (χ2v) is 10.2. The van der Waals surface area contributed by atoms with Gasteiger partial charge in [-0.1, -0.05) is 133 Å². The Labute approximate surface area is 246 Å². The monoisotopic (exact) mass is 578 g/mol. The maximum atomic E-state index is 16.0. The molecule has 0 radical (unpaired) electrons. The van der Waals surface area contributed by atoms with Crippen LogP contribution in [0.4, 0.5) is 17.6 Å². The second kappa shape index (κ2) is 11.0. The predicted octanol–water partition coefficient (Wildman–Crippen LogP) is 8.17. The van der Waals surface area contributed by atoms with E-state index in [1.54, 1.807) is 34.9 Å². The van der Waals surface area contributed by atoms with Gasteiger partial charge >= 0.3 is 6.18 Å². The summed E-state index contributed by atoms with van der Waals surface area (Å²) in [5.74, 6) is -1.56. The van der Waals surface area contributed by atoms with Gasteiger partial charge in [-0.3, -0.25) is 0 Å². The number of aliphatic hydroxyl groups is 1. The van der Waals surface area contributed by atoms with Crippen LogP contribution in [0.2, 0.25) is 0 Å². The van der Waals surface area contributed by atoms with Gasteiger partial charge in [0.1, 0.15) is 11.4 Å². The van der Waals surface area contributed by atoms with E-state index in [0.29, 0.717) is 6.07 Å². The Morgan fingerprint density at radius 3 is 1.40 bits per heavy atom. The zero-order valence-electron chi connectivity index (χ0n) is 22.8. The molecule has 3 nitrogen and oxygen atoms in total. The number of halogens is 4. The summed E-state index contributed by atoms with van der Waals surface area (Å²) in [4.78, 5) is 4.44. The molecule has 1 N–H and O–H groups in total. The number of hydrogen-bond acceptors (Lipinski definition) is 2. The summed E-state index contributed by atoms with van der Waals surface area (Å²) in [7, 11) is 0. The molecule has 7 heteroatoms. The minimum Gasteiger partial charge on any atom is -0.374 e. The van der Waals surface area contributed by atoms with Crippen LogP contribution >= 0.6 is 0 Å². The van der Waals surface area contributed by atoms with Gasteiger partial charge in [0.15, 0.2) is 5.60 Å². The van der Waals surface area contributed by atoms with Crippen LogP contribution in [0.1, 0.15) is 39.1 Å². The van der Waals surface area contributed by atoms with Crippen molar-refractivity contribution in [1.82, 2.24) is 9.55 Å². The Morgan fingerprint density at radius 1 is 0.535 bits per heavy atom. The highest BCUT2D eigenvalue weighted by Gasteiger charge is 2.47. The van der Waals surface area contributed by atoms with Crippen molar-refractivity contribution >= 4 is 0 Å². The summed E-state index contributed by atoms with van der Waals surface area (Å²) in [5.41, 5.74) is -2.91. The van der Waals surface area contributed by atoms with Gasteiger partial charge in [-0.15, -0.1) is 0 Å². The average Bonchev–Trinajstić information content (AvgIpc) is 3.54. The van der Waals surface area contributed by atoms with E-state index in [1.165, 1.54) is 18.6 Å². The largest absolute Gasteiger partial charge is 0.419 e. The van der Waals surface area contributed by atoms with Crippen LogP contribution in [-0.2, 0) is 17.3 Å². The van der Waals surface area contributed by atoms with E-state index >= 15 is 4.39 Å². The van der Waals surface area contributed by atoms with Crippen LogP contribution in [0.3, 0.4) is 0 Å². The SMILES string of the molecule is OC(c1ccccc1)(c1cccc(C(F)(F)F)c1F)c1cncn1C(c1ccccc1)(c1ccccc1)c1ccccc1. The average molecular weight is 579 g/mol. The van der Waals surface area contributed by atoms with Crippen LogP contribution in [0.5, 0.6) is 0 Å². The molecule has 6 aromatic rings. The number of rotatable bonds is 7. The van der Waals surface area contributed by atoms with Crippen molar-refractivity contribution in [2.45, 2.75) is 17.3 Å². The van der Waals surface area contributed by atoms with Gasteiger partial charge in [0, 0.05) is 5.56 Å². The third-order valence-corrected chi connectivity index (χ3v) is 7.83. The summed E-state index contributed by atoms with van der Waals surface area (Å²) >= 11 is 0. The lowest BCUT2D eigenvalue weighted by molar-refractivity contribution is -0.140. The lowest BCUT2D eigenvalue weighted by atomic mass is 9.75. The maximum Gasteiger partial charge on any atom is 0.419 e. The van der Waals surface area contributed by atoms with Crippen molar-refractivity contribution in [1.29, 1.82) is 0 Å². The first-order valence-corrected chi connectivity index (χ1v) is 13.6. The Morgan fingerprint density at radius 2 is 0.953 bits per heavy atom. The Balaban J connectivity index is 1.76. The third-order valence-electron chi connectivity index (χ3n) is 7.83. The van der Waals surface area contributed by atoms with E-state index in [0.717, 1.165) is 22.8 Å². The van der Waals surface area contributed by atoms with Crippen LogP contribution in [0.25, 0.3) is 0 Å². The molecule has 0 bridgehead atoms. The van der Waals surface area contributed by atoms with Crippen molar-refractivity contribution < 1.29 is 22.7 Å². The predicted molar refractivity (Wildman–Crippen MR) is 157 cm³/mol. The van der Waals surface area contributed by atoms with Crippen molar-refractivity contribution in [3.05, 3.63) is 197 Å². The zero-order chi connectivity index (χ0) is 30.1. The molecule has 0 saturated heterocycles. The normalized spacial score (nSPS) is 13.4. The standard InChI is InChI=1S/C36H26F4N2O/c37-33-30(22-13-23-31(33)36(38,39)40)35(43,29-20-11-4-12-21-29)32-24-41-25-42(32)34(26-14-5-1-6-15-26,27-16-7-2-8-17-27)28-18-9-3-10-19-28/h1-25,43H. The number of imidazole rings is 1. The van der Waals surface area contributed by atoms with E-state index < -0.39 is 34.3 Å². The van der Waals surface area contributed by atoms with E-state index in [4.69, 9.17) is 0 Å². The highest BCUT2D eigenvalue weighted by Crippen LogP contribution is 2.47. The van der Waals surface area contributed by atoms with Gasteiger partial charge in [-0.25, -0.2) is 9.37 Å². The maximum absolute atomic E-state index is 16.0.